The molecule has 5 heteroatoms. The molecule has 1 N–H and O–H groups in total. The molecule has 0 aliphatic heterocycles. The first-order chi connectivity index (χ1) is 8.72. The van der Waals surface area contributed by atoms with E-state index in [1.54, 1.807) is 17.0 Å². The van der Waals surface area contributed by atoms with Gasteiger partial charge in [0.15, 0.2) is 0 Å². The fourth-order valence-corrected chi connectivity index (χ4v) is 2.02. The average molecular weight is 266 g/mol. The first kappa shape index (κ1) is 11.7. The van der Waals surface area contributed by atoms with E-state index in [0.29, 0.717) is 16.8 Å². The predicted molar refractivity (Wildman–Crippen MR) is 68.4 cm³/mol. The van der Waals surface area contributed by atoms with Gasteiger partial charge >= 0.3 is 0 Å². The van der Waals surface area contributed by atoms with Gasteiger partial charge < -0.3 is 9.88 Å². The highest BCUT2D eigenvalue weighted by Gasteiger charge is 2.20. The molecule has 2 aromatic rings. The van der Waals surface area contributed by atoms with Gasteiger partial charge in [-0.2, -0.15) is 0 Å². The summed E-state index contributed by atoms with van der Waals surface area (Å²) < 4.78 is 14.9. The van der Waals surface area contributed by atoms with E-state index < -0.39 is 0 Å². The minimum Gasteiger partial charge on any atom is -0.308 e. The first-order valence-corrected chi connectivity index (χ1v) is 6.32. The van der Waals surface area contributed by atoms with Crippen molar-refractivity contribution in [1.82, 2.24) is 14.9 Å². The molecule has 0 atom stereocenters. The van der Waals surface area contributed by atoms with Gasteiger partial charge in [0, 0.05) is 18.8 Å². The van der Waals surface area contributed by atoms with Crippen LogP contribution in [0.4, 0.5) is 4.39 Å². The predicted octanol–water partition coefficient (Wildman–Crippen LogP) is 2.92. The van der Waals surface area contributed by atoms with E-state index in [2.05, 4.69) is 10.3 Å². The van der Waals surface area contributed by atoms with Gasteiger partial charge in [0.2, 0.25) is 0 Å². The molecule has 1 heterocycles. The van der Waals surface area contributed by atoms with Crippen molar-refractivity contribution in [3.8, 4) is 5.69 Å². The Morgan fingerprint density at radius 2 is 2.28 bits per heavy atom. The maximum atomic E-state index is 13.2. The van der Waals surface area contributed by atoms with Crippen molar-refractivity contribution in [3.05, 3.63) is 47.3 Å². The number of nitrogens with one attached hydrogen (secondary N) is 1. The number of benzene rings is 1. The lowest BCUT2D eigenvalue weighted by atomic mass is 10.3. The molecule has 1 saturated carbocycles. The molecular weight excluding hydrogens is 253 g/mol. The molecule has 1 aliphatic rings. The van der Waals surface area contributed by atoms with Gasteiger partial charge in [0.05, 0.1) is 22.7 Å². The van der Waals surface area contributed by atoms with Crippen LogP contribution in [0.1, 0.15) is 18.5 Å². The summed E-state index contributed by atoms with van der Waals surface area (Å²) in [4.78, 5) is 4.28. The molecule has 18 heavy (non-hydrogen) atoms. The monoisotopic (exact) mass is 265 g/mol. The lowest BCUT2D eigenvalue weighted by molar-refractivity contribution is 0.626. The Morgan fingerprint density at radius 3 is 3.06 bits per heavy atom. The van der Waals surface area contributed by atoms with Crippen LogP contribution in [0.3, 0.4) is 0 Å². The zero-order valence-corrected chi connectivity index (χ0v) is 10.5. The number of hydrogen-bond donors (Lipinski definition) is 1. The van der Waals surface area contributed by atoms with Crippen molar-refractivity contribution < 1.29 is 4.39 Å². The summed E-state index contributed by atoms with van der Waals surface area (Å²) in [6.45, 7) is 0.741. The second kappa shape index (κ2) is 4.71. The molecule has 94 valence electrons. The Labute approximate surface area is 110 Å². The minimum atomic E-state index is -0.305. The number of halogens is 2. The van der Waals surface area contributed by atoms with E-state index in [1.165, 1.54) is 25.0 Å². The van der Waals surface area contributed by atoms with Gasteiger partial charge in [-0.25, -0.2) is 9.37 Å². The van der Waals surface area contributed by atoms with Crippen molar-refractivity contribution in [2.75, 3.05) is 0 Å². The number of imidazole rings is 1. The van der Waals surface area contributed by atoms with Crippen molar-refractivity contribution in [3.63, 3.8) is 0 Å². The normalized spacial score (nSPS) is 15.0. The van der Waals surface area contributed by atoms with Crippen LogP contribution in [0.2, 0.25) is 5.02 Å². The molecule has 1 fully saturated rings. The Balaban J connectivity index is 1.80. The summed E-state index contributed by atoms with van der Waals surface area (Å²) in [7, 11) is 0. The number of rotatable bonds is 4. The third-order valence-corrected chi connectivity index (χ3v) is 3.29. The fourth-order valence-electron chi connectivity index (χ4n) is 1.81. The lowest BCUT2D eigenvalue weighted by Gasteiger charge is -2.04. The van der Waals surface area contributed by atoms with Crippen LogP contribution < -0.4 is 5.32 Å². The second-order valence-corrected chi connectivity index (χ2v) is 4.93. The number of hydrogen-bond acceptors (Lipinski definition) is 2. The van der Waals surface area contributed by atoms with Gasteiger partial charge in [-0.05, 0) is 31.0 Å². The fraction of sp³-hybridized carbons (Fsp3) is 0.308. The van der Waals surface area contributed by atoms with Crippen LogP contribution in [0, 0.1) is 5.82 Å². The van der Waals surface area contributed by atoms with E-state index in [-0.39, 0.29) is 5.82 Å². The summed E-state index contributed by atoms with van der Waals surface area (Å²) in [5.41, 5.74) is 1.55. The van der Waals surface area contributed by atoms with Gasteiger partial charge in [-0.3, -0.25) is 0 Å². The SMILES string of the molecule is Fc1ccc(Cl)c(-n2cnc(CNC3CC3)c2)c1. The van der Waals surface area contributed by atoms with E-state index in [4.69, 9.17) is 11.6 Å². The van der Waals surface area contributed by atoms with Gasteiger partial charge in [0.25, 0.3) is 0 Å². The molecule has 0 unspecified atom stereocenters. The third kappa shape index (κ3) is 2.54. The van der Waals surface area contributed by atoms with Crippen LogP contribution in [0.15, 0.2) is 30.7 Å². The number of nitrogens with zero attached hydrogens (tertiary/aromatic N) is 2. The molecule has 0 amide bonds. The van der Waals surface area contributed by atoms with E-state index >= 15 is 0 Å². The Hall–Kier alpha value is -1.39. The standard InChI is InChI=1S/C13H13ClFN3/c14-12-4-1-9(15)5-13(12)18-7-11(17-8-18)6-16-10-2-3-10/h1,4-5,7-8,10,16H,2-3,6H2. The molecular formula is C13H13ClFN3. The molecule has 0 bridgehead atoms. The molecule has 0 saturated heterocycles. The smallest absolute Gasteiger partial charge is 0.125 e. The molecule has 3 nitrogen and oxygen atoms in total. The molecule has 0 spiro atoms. The topological polar surface area (TPSA) is 29.9 Å². The zero-order chi connectivity index (χ0) is 12.5. The molecule has 1 aromatic heterocycles. The molecule has 3 rings (SSSR count). The number of aromatic nitrogens is 2. The highest BCUT2D eigenvalue weighted by Crippen LogP contribution is 2.22. The summed E-state index contributed by atoms with van der Waals surface area (Å²) in [6.07, 6.45) is 6.02. The van der Waals surface area contributed by atoms with Crippen LogP contribution in [0.5, 0.6) is 0 Å². The van der Waals surface area contributed by atoms with Crippen molar-refractivity contribution in [1.29, 1.82) is 0 Å². The highest BCUT2D eigenvalue weighted by molar-refractivity contribution is 6.32. The Bertz CT molecular complexity index is 563. The maximum Gasteiger partial charge on any atom is 0.125 e. The molecule has 0 radical (unpaired) electrons. The van der Waals surface area contributed by atoms with Crippen LogP contribution in [-0.2, 0) is 6.54 Å². The average Bonchev–Trinajstić information content (AvgIpc) is 3.08. The zero-order valence-electron chi connectivity index (χ0n) is 9.74. The molecule has 1 aromatic carbocycles. The van der Waals surface area contributed by atoms with E-state index in [0.717, 1.165) is 12.2 Å². The van der Waals surface area contributed by atoms with Gasteiger partial charge in [-0.1, -0.05) is 11.6 Å². The lowest BCUT2D eigenvalue weighted by Crippen LogP contribution is -2.15. The van der Waals surface area contributed by atoms with E-state index in [9.17, 15) is 4.39 Å². The van der Waals surface area contributed by atoms with Crippen molar-refractivity contribution in [2.45, 2.75) is 25.4 Å². The third-order valence-electron chi connectivity index (χ3n) is 2.97. The molecule has 1 aliphatic carbocycles. The maximum absolute atomic E-state index is 13.2. The van der Waals surface area contributed by atoms with Crippen molar-refractivity contribution >= 4 is 11.6 Å². The van der Waals surface area contributed by atoms with Crippen LogP contribution >= 0.6 is 11.6 Å². The largest absolute Gasteiger partial charge is 0.308 e. The minimum absolute atomic E-state index is 0.305. The Kier molecular flexibility index (Phi) is 3.06. The van der Waals surface area contributed by atoms with Gasteiger partial charge in [0.1, 0.15) is 5.82 Å². The van der Waals surface area contributed by atoms with Crippen LogP contribution in [-0.4, -0.2) is 15.6 Å². The van der Waals surface area contributed by atoms with Gasteiger partial charge in [-0.15, -0.1) is 0 Å². The first-order valence-electron chi connectivity index (χ1n) is 5.94. The van der Waals surface area contributed by atoms with E-state index in [1.807, 2.05) is 6.20 Å². The quantitative estimate of drug-likeness (QED) is 0.921. The summed E-state index contributed by atoms with van der Waals surface area (Å²) >= 11 is 6.05. The second-order valence-electron chi connectivity index (χ2n) is 4.52. The van der Waals surface area contributed by atoms with Crippen molar-refractivity contribution in [2.24, 2.45) is 0 Å². The summed E-state index contributed by atoms with van der Waals surface area (Å²) in [5, 5.41) is 3.89. The highest BCUT2D eigenvalue weighted by atomic mass is 35.5. The Morgan fingerprint density at radius 1 is 1.44 bits per heavy atom. The summed E-state index contributed by atoms with van der Waals surface area (Å²) in [6, 6.07) is 4.95. The van der Waals surface area contributed by atoms with Crippen LogP contribution in [0.25, 0.3) is 5.69 Å². The summed E-state index contributed by atoms with van der Waals surface area (Å²) in [5.74, 6) is -0.305.